The summed E-state index contributed by atoms with van der Waals surface area (Å²) in [5, 5.41) is 12.3. The summed E-state index contributed by atoms with van der Waals surface area (Å²) >= 11 is 0. The van der Waals surface area contributed by atoms with Gasteiger partial charge in [0.25, 0.3) is 0 Å². The topological polar surface area (TPSA) is 78.6 Å². The molecule has 1 aromatic rings. The maximum Gasteiger partial charge on any atom is 0.335 e. The van der Waals surface area contributed by atoms with Gasteiger partial charge in [0.05, 0.1) is 5.56 Å². The van der Waals surface area contributed by atoms with Gasteiger partial charge in [-0.2, -0.15) is 0 Å². The average Bonchev–Trinajstić information content (AvgIpc) is 2.93. The highest BCUT2D eigenvalue weighted by Crippen LogP contribution is 2.14. The molecule has 1 aromatic carbocycles. The molecule has 0 aliphatic carbocycles. The van der Waals surface area contributed by atoms with Gasteiger partial charge in [0.1, 0.15) is 0 Å². The van der Waals surface area contributed by atoms with E-state index in [1.807, 2.05) is 0 Å². The van der Waals surface area contributed by atoms with E-state index in [4.69, 9.17) is 10.8 Å². The summed E-state index contributed by atoms with van der Waals surface area (Å²) in [5.74, 6) is -0.938. The summed E-state index contributed by atoms with van der Waals surface area (Å²) in [6.07, 6.45) is 3.48. The summed E-state index contributed by atoms with van der Waals surface area (Å²) in [6.45, 7) is 5.42. The van der Waals surface area contributed by atoms with Crippen molar-refractivity contribution in [1.82, 2.24) is 10.2 Å². The van der Waals surface area contributed by atoms with Gasteiger partial charge in [-0.05, 0) is 56.6 Å². The molecule has 2 rings (SSSR count). The molecule has 0 amide bonds. The number of likely N-dealkylation sites (tertiary alicyclic amines) is 1. The SMILES string of the molecule is Nc1cc(C(=O)O)ccc1CCNCCN1CCCC1. The number of aromatic carboxylic acids is 1. The Morgan fingerprint density at radius 1 is 1.30 bits per heavy atom. The normalized spacial score (nSPS) is 15.6. The molecule has 5 nitrogen and oxygen atoms in total. The van der Waals surface area contributed by atoms with Crippen LogP contribution in [-0.2, 0) is 6.42 Å². The molecule has 0 saturated carbocycles. The third-order valence-corrected chi connectivity index (χ3v) is 3.77. The maximum atomic E-state index is 10.8. The number of nitrogens with zero attached hydrogens (tertiary/aromatic N) is 1. The van der Waals surface area contributed by atoms with Crippen LogP contribution in [0.5, 0.6) is 0 Å². The molecule has 1 saturated heterocycles. The summed E-state index contributed by atoms with van der Waals surface area (Å²) in [6, 6.07) is 4.95. The van der Waals surface area contributed by atoms with Crippen LogP contribution >= 0.6 is 0 Å². The fraction of sp³-hybridized carbons (Fsp3) is 0.533. The number of hydrogen-bond acceptors (Lipinski definition) is 4. The number of nitrogen functional groups attached to an aromatic ring is 1. The molecule has 4 N–H and O–H groups in total. The standard InChI is InChI=1S/C15H23N3O2/c16-14-11-13(15(19)20)4-3-12(14)5-6-17-7-10-18-8-1-2-9-18/h3-4,11,17H,1-2,5-10,16H2,(H,19,20). The molecule has 5 heteroatoms. The van der Waals surface area contributed by atoms with Crippen LogP contribution in [0.4, 0.5) is 5.69 Å². The fourth-order valence-corrected chi connectivity index (χ4v) is 2.55. The van der Waals surface area contributed by atoms with E-state index >= 15 is 0 Å². The average molecular weight is 277 g/mol. The van der Waals surface area contributed by atoms with E-state index < -0.39 is 5.97 Å². The first-order valence-electron chi connectivity index (χ1n) is 7.21. The Kier molecular flexibility index (Phi) is 5.38. The lowest BCUT2D eigenvalue weighted by Crippen LogP contribution is -2.31. The minimum absolute atomic E-state index is 0.244. The molecule has 0 aromatic heterocycles. The zero-order chi connectivity index (χ0) is 14.4. The van der Waals surface area contributed by atoms with Crippen LogP contribution in [0.2, 0.25) is 0 Å². The molecular weight excluding hydrogens is 254 g/mol. The van der Waals surface area contributed by atoms with Crippen molar-refractivity contribution in [3.8, 4) is 0 Å². The smallest absolute Gasteiger partial charge is 0.335 e. The lowest BCUT2D eigenvalue weighted by Gasteiger charge is -2.15. The lowest BCUT2D eigenvalue weighted by atomic mass is 10.1. The largest absolute Gasteiger partial charge is 0.478 e. The number of hydrogen-bond donors (Lipinski definition) is 3. The van der Waals surface area contributed by atoms with Gasteiger partial charge in [-0.1, -0.05) is 6.07 Å². The van der Waals surface area contributed by atoms with Crippen LogP contribution in [0.1, 0.15) is 28.8 Å². The molecule has 1 heterocycles. The Hall–Kier alpha value is -1.59. The van der Waals surface area contributed by atoms with Crippen LogP contribution in [0.25, 0.3) is 0 Å². The lowest BCUT2D eigenvalue weighted by molar-refractivity contribution is 0.0697. The van der Waals surface area contributed by atoms with Crippen LogP contribution in [0, 0.1) is 0 Å². The van der Waals surface area contributed by atoms with E-state index in [2.05, 4.69) is 10.2 Å². The van der Waals surface area contributed by atoms with E-state index in [1.165, 1.54) is 32.0 Å². The summed E-state index contributed by atoms with van der Waals surface area (Å²) in [4.78, 5) is 13.3. The molecule has 1 fully saturated rings. The Morgan fingerprint density at radius 2 is 2.05 bits per heavy atom. The highest BCUT2D eigenvalue weighted by atomic mass is 16.4. The van der Waals surface area contributed by atoms with Gasteiger partial charge in [-0.15, -0.1) is 0 Å². The van der Waals surface area contributed by atoms with Gasteiger partial charge >= 0.3 is 5.97 Å². The van der Waals surface area contributed by atoms with Crippen LogP contribution in [-0.4, -0.2) is 48.7 Å². The van der Waals surface area contributed by atoms with Crippen LogP contribution < -0.4 is 11.1 Å². The summed E-state index contributed by atoms with van der Waals surface area (Å²) < 4.78 is 0. The van der Waals surface area contributed by atoms with Crippen LogP contribution in [0.15, 0.2) is 18.2 Å². The Labute approximate surface area is 119 Å². The van der Waals surface area contributed by atoms with Crippen molar-refractivity contribution in [2.24, 2.45) is 0 Å². The molecule has 0 atom stereocenters. The minimum atomic E-state index is -0.938. The molecule has 0 radical (unpaired) electrons. The van der Waals surface area contributed by atoms with Gasteiger partial charge in [-0.3, -0.25) is 0 Å². The van der Waals surface area contributed by atoms with Crippen molar-refractivity contribution < 1.29 is 9.90 Å². The Bertz CT molecular complexity index is 456. The monoisotopic (exact) mass is 277 g/mol. The second-order valence-electron chi connectivity index (χ2n) is 5.27. The molecule has 110 valence electrons. The first-order chi connectivity index (χ1) is 9.66. The number of rotatable bonds is 7. The van der Waals surface area contributed by atoms with Crippen molar-refractivity contribution in [1.29, 1.82) is 0 Å². The highest BCUT2D eigenvalue weighted by molar-refractivity contribution is 5.88. The maximum absolute atomic E-state index is 10.8. The Balaban J connectivity index is 1.69. The number of nitrogens with one attached hydrogen (secondary N) is 1. The molecule has 1 aliphatic heterocycles. The van der Waals surface area contributed by atoms with Crippen molar-refractivity contribution in [3.05, 3.63) is 29.3 Å². The van der Waals surface area contributed by atoms with Gasteiger partial charge < -0.3 is 21.1 Å². The number of carboxylic acid groups (broad SMARTS) is 1. The van der Waals surface area contributed by atoms with Crippen molar-refractivity contribution in [2.75, 3.05) is 38.5 Å². The predicted octanol–water partition coefficient (Wildman–Crippen LogP) is 1.19. The van der Waals surface area contributed by atoms with Crippen molar-refractivity contribution in [3.63, 3.8) is 0 Å². The van der Waals surface area contributed by atoms with E-state index in [0.717, 1.165) is 31.6 Å². The van der Waals surface area contributed by atoms with Crippen molar-refractivity contribution in [2.45, 2.75) is 19.3 Å². The highest BCUT2D eigenvalue weighted by Gasteiger charge is 2.10. The van der Waals surface area contributed by atoms with Gasteiger partial charge in [0.2, 0.25) is 0 Å². The second-order valence-corrected chi connectivity index (χ2v) is 5.27. The molecule has 0 unspecified atom stereocenters. The quantitative estimate of drug-likeness (QED) is 0.515. The summed E-state index contributed by atoms with van der Waals surface area (Å²) in [7, 11) is 0. The molecule has 0 bridgehead atoms. The predicted molar refractivity (Wildman–Crippen MR) is 80.1 cm³/mol. The van der Waals surface area contributed by atoms with E-state index in [9.17, 15) is 4.79 Å². The fourth-order valence-electron chi connectivity index (χ4n) is 2.55. The third kappa shape index (κ3) is 4.21. The number of carboxylic acids is 1. The zero-order valence-corrected chi connectivity index (χ0v) is 11.8. The first kappa shape index (κ1) is 14.8. The van der Waals surface area contributed by atoms with E-state index in [-0.39, 0.29) is 5.56 Å². The third-order valence-electron chi connectivity index (χ3n) is 3.77. The van der Waals surface area contributed by atoms with E-state index in [0.29, 0.717) is 5.69 Å². The first-order valence-corrected chi connectivity index (χ1v) is 7.21. The molecule has 1 aliphatic rings. The van der Waals surface area contributed by atoms with Gasteiger partial charge in [0, 0.05) is 18.8 Å². The van der Waals surface area contributed by atoms with Crippen molar-refractivity contribution >= 4 is 11.7 Å². The number of carbonyl (C=O) groups is 1. The van der Waals surface area contributed by atoms with Gasteiger partial charge in [-0.25, -0.2) is 4.79 Å². The number of benzene rings is 1. The second kappa shape index (κ2) is 7.26. The molecule has 0 spiro atoms. The summed E-state index contributed by atoms with van der Waals surface area (Å²) in [5.41, 5.74) is 7.68. The zero-order valence-electron chi connectivity index (χ0n) is 11.8. The molecule has 20 heavy (non-hydrogen) atoms. The van der Waals surface area contributed by atoms with Gasteiger partial charge in [0.15, 0.2) is 0 Å². The number of nitrogens with two attached hydrogens (primary N) is 1. The molecular formula is C15H23N3O2. The number of anilines is 1. The Morgan fingerprint density at radius 3 is 2.70 bits per heavy atom. The minimum Gasteiger partial charge on any atom is -0.478 e. The van der Waals surface area contributed by atoms with Crippen LogP contribution in [0.3, 0.4) is 0 Å². The van der Waals surface area contributed by atoms with E-state index in [1.54, 1.807) is 12.1 Å².